The van der Waals surface area contributed by atoms with Crippen molar-refractivity contribution in [2.75, 3.05) is 25.0 Å². The number of ketones is 1. The smallest absolute Gasteiger partial charge is 0.221 e. The van der Waals surface area contributed by atoms with Crippen molar-refractivity contribution in [3.05, 3.63) is 65.5 Å². The molecule has 1 fully saturated rings. The minimum Gasteiger partial charge on any atom is -0.387 e. The number of anilines is 1. The summed E-state index contributed by atoms with van der Waals surface area (Å²) in [6.07, 6.45) is 0.766. The number of hydrogen-bond donors (Lipinski definition) is 2. The number of aliphatic hydroxyl groups is 1. The van der Waals surface area contributed by atoms with Gasteiger partial charge in [0.25, 0.3) is 0 Å². The second-order valence-corrected chi connectivity index (χ2v) is 7.27. The molecular formula is C22H25FN2O3. The summed E-state index contributed by atoms with van der Waals surface area (Å²) in [6.45, 7) is 3.36. The number of β-amino-alcohol motifs (C(OH)–C–C–N with tert-alkyl or cyclic N) is 1. The fourth-order valence-electron chi connectivity index (χ4n) is 3.60. The van der Waals surface area contributed by atoms with Crippen LogP contribution in [0.4, 0.5) is 10.1 Å². The number of Topliss-reactive ketones (excluding diaryl/α,β-unsaturated/α-hetero) is 1. The number of benzene rings is 2. The van der Waals surface area contributed by atoms with Gasteiger partial charge in [0.15, 0.2) is 5.78 Å². The van der Waals surface area contributed by atoms with Gasteiger partial charge >= 0.3 is 0 Å². The molecule has 1 unspecified atom stereocenters. The van der Waals surface area contributed by atoms with Gasteiger partial charge in [0.1, 0.15) is 5.82 Å². The predicted octanol–water partition coefficient (Wildman–Crippen LogP) is 3.41. The van der Waals surface area contributed by atoms with Gasteiger partial charge in [-0.05, 0) is 67.9 Å². The second-order valence-electron chi connectivity index (χ2n) is 7.27. The maximum atomic E-state index is 13.0. The number of carbonyl (C=O) groups excluding carboxylic acids is 2. The van der Waals surface area contributed by atoms with E-state index >= 15 is 0 Å². The number of likely N-dealkylation sites (tertiary alicyclic amines) is 1. The number of amides is 1. The molecule has 2 aromatic carbocycles. The summed E-state index contributed by atoms with van der Waals surface area (Å²) in [7, 11) is 0. The molecule has 0 bridgehead atoms. The fourth-order valence-corrected chi connectivity index (χ4v) is 3.60. The van der Waals surface area contributed by atoms with Gasteiger partial charge in [-0.15, -0.1) is 0 Å². The zero-order valence-corrected chi connectivity index (χ0v) is 15.9. The third kappa shape index (κ3) is 5.24. The number of halogens is 1. The summed E-state index contributed by atoms with van der Waals surface area (Å²) in [5.41, 5.74) is 1.96. The van der Waals surface area contributed by atoms with Gasteiger partial charge in [-0.2, -0.15) is 0 Å². The monoisotopic (exact) mass is 384 g/mol. The Morgan fingerprint density at radius 3 is 2.50 bits per heavy atom. The highest BCUT2D eigenvalue weighted by atomic mass is 19.1. The van der Waals surface area contributed by atoms with E-state index in [4.69, 9.17) is 0 Å². The third-order valence-electron chi connectivity index (χ3n) is 5.11. The van der Waals surface area contributed by atoms with Crippen LogP contribution in [0.15, 0.2) is 48.5 Å². The van der Waals surface area contributed by atoms with E-state index in [1.165, 1.54) is 31.2 Å². The zero-order chi connectivity index (χ0) is 20.1. The zero-order valence-electron chi connectivity index (χ0n) is 15.9. The van der Waals surface area contributed by atoms with Crippen molar-refractivity contribution in [2.24, 2.45) is 5.92 Å². The lowest BCUT2D eigenvalue weighted by Gasteiger charge is -2.32. The molecule has 28 heavy (non-hydrogen) atoms. The van der Waals surface area contributed by atoms with Crippen molar-refractivity contribution in [3.63, 3.8) is 0 Å². The van der Waals surface area contributed by atoms with Crippen molar-refractivity contribution in [3.8, 4) is 0 Å². The van der Waals surface area contributed by atoms with Crippen molar-refractivity contribution in [1.29, 1.82) is 0 Å². The molecule has 1 aliphatic heterocycles. The third-order valence-corrected chi connectivity index (χ3v) is 5.11. The molecule has 1 saturated heterocycles. The average Bonchev–Trinajstić information content (AvgIpc) is 2.68. The normalized spacial score (nSPS) is 16.5. The minimum absolute atomic E-state index is 0.0585. The molecule has 148 valence electrons. The van der Waals surface area contributed by atoms with Gasteiger partial charge < -0.3 is 15.3 Å². The van der Waals surface area contributed by atoms with E-state index in [-0.39, 0.29) is 23.4 Å². The molecule has 3 rings (SSSR count). The van der Waals surface area contributed by atoms with Crippen LogP contribution in [-0.4, -0.2) is 41.3 Å². The second kappa shape index (κ2) is 9.08. The maximum Gasteiger partial charge on any atom is 0.221 e. The Morgan fingerprint density at radius 1 is 1.18 bits per heavy atom. The number of piperidine rings is 1. The Bertz CT molecular complexity index is 830. The van der Waals surface area contributed by atoms with Crippen LogP contribution in [0.3, 0.4) is 0 Å². The van der Waals surface area contributed by atoms with E-state index in [0.717, 1.165) is 31.5 Å². The average molecular weight is 384 g/mol. The minimum atomic E-state index is -0.668. The summed E-state index contributed by atoms with van der Waals surface area (Å²) in [5.74, 6) is -0.507. The molecule has 0 radical (unpaired) electrons. The lowest BCUT2D eigenvalue weighted by Crippen LogP contribution is -2.38. The fraction of sp³-hybridized carbons (Fsp3) is 0.364. The van der Waals surface area contributed by atoms with E-state index in [0.29, 0.717) is 17.8 Å². The van der Waals surface area contributed by atoms with Crippen LogP contribution in [0.1, 0.15) is 41.8 Å². The Morgan fingerprint density at radius 2 is 1.86 bits per heavy atom. The predicted molar refractivity (Wildman–Crippen MR) is 106 cm³/mol. The van der Waals surface area contributed by atoms with Crippen molar-refractivity contribution >= 4 is 17.4 Å². The van der Waals surface area contributed by atoms with Gasteiger partial charge in [0, 0.05) is 30.6 Å². The molecule has 0 saturated carbocycles. The van der Waals surface area contributed by atoms with Gasteiger partial charge in [0.2, 0.25) is 5.91 Å². The molecule has 0 aromatic heterocycles. The van der Waals surface area contributed by atoms with Crippen LogP contribution < -0.4 is 5.32 Å². The van der Waals surface area contributed by atoms with Gasteiger partial charge in [-0.25, -0.2) is 4.39 Å². The van der Waals surface area contributed by atoms with Crippen LogP contribution in [0.2, 0.25) is 0 Å². The van der Waals surface area contributed by atoms with Gasteiger partial charge in [0.05, 0.1) is 6.10 Å². The van der Waals surface area contributed by atoms with Crippen LogP contribution in [0, 0.1) is 11.7 Å². The molecule has 1 amide bonds. The Balaban J connectivity index is 1.53. The quantitative estimate of drug-likeness (QED) is 0.749. The molecule has 1 aliphatic rings. The molecular weight excluding hydrogens is 359 g/mol. The van der Waals surface area contributed by atoms with Crippen LogP contribution in [-0.2, 0) is 4.79 Å². The first-order valence-electron chi connectivity index (χ1n) is 9.50. The molecule has 5 nitrogen and oxygen atoms in total. The van der Waals surface area contributed by atoms with Crippen LogP contribution in [0.25, 0.3) is 0 Å². The van der Waals surface area contributed by atoms with E-state index in [1.54, 1.807) is 18.2 Å². The van der Waals surface area contributed by atoms with E-state index in [9.17, 15) is 19.1 Å². The molecule has 0 aliphatic carbocycles. The van der Waals surface area contributed by atoms with Crippen LogP contribution >= 0.6 is 0 Å². The Kier molecular flexibility index (Phi) is 6.54. The lowest BCUT2D eigenvalue weighted by molar-refractivity contribution is -0.114. The molecule has 1 atom stereocenters. The summed E-state index contributed by atoms with van der Waals surface area (Å²) in [5, 5.41) is 13.3. The first-order chi connectivity index (χ1) is 13.4. The van der Waals surface area contributed by atoms with E-state index in [2.05, 4.69) is 10.2 Å². The van der Waals surface area contributed by atoms with Gasteiger partial charge in [-0.1, -0.05) is 12.1 Å². The van der Waals surface area contributed by atoms with Crippen molar-refractivity contribution in [1.82, 2.24) is 4.90 Å². The molecule has 0 spiro atoms. The molecule has 1 heterocycles. The number of rotatable bonds is 6. The Hall–Kier alpha value is -2.57. The van der Waals surface area contributed by atoms with Crippen LogP contribution in [0.5, 0.6) is 0 Å². The van der Waals surface area contributed by atoms with E-state index in [1.807, 2.05) is 6.07 Å². The first kappa shape index (κ1) is 20.2. The van der Waals surface area contributed by atoms with E-state index < -0.39 is 6.10 Å². The number of carbonyl (C=O) groups is 2. The summed E-state index contributed by atoms with van der Waals surface area (Å²) < 4.78 is 13.0. The first-order valence-corrected chi connectivity index (χ1v) is 9.50. The van der Waals surface area contributed by atoms with Crippen molar-refractivity contribution in [2.45, 2.75) is 25.9 Å². The Labute approximate surface area is 164 Å². The SMILES string of the molecule is CC(=O)Nc1cccc(C(O)CN2CCC(C(=O)c3ccc(F)cc3)CC2)c1. The largest absolute Gasteiger partial charge is 0.387 e. The molecule has 2 N–H and O–H groups in total. The summed E-state index contributed by atoms with van der Waals surface area (Å²) in [6, 6.07) is 12.9. The highest BCUT2D eigenvalue weighted by Crippen LogP contribution is 2.25. The molecule has 2 aromatic rings. The highest BCUT2D eigenvalue weighted by molar-refractivity contribution is 5.97. The van der Waals surface area contributed by atoms with Gasteiger partial charge in [-0.3, -0.25) is 9.59 Å². The van der Waals surface area contributed by atoms with Crippen molar-refractivity contribution < 1.29 is 19.1 Å². The standard InChI is InChI=1S/C22H25FN2O3/c1-15(26)24-20-4-2-3-18(13-20)21(27)14-25-11-9-17(10-12-25)22(28)16-5-7-19(23)8-6-16/h2-8,13,17,21,27H,9-12,14H2,1H3,(H,24,26). The maximum absolute atomic E-state index is 13.0. The topological polar surface area (TPSA) is 69.6 Å². The molecule has 6 heteroatoms. The summed E-state index contributed by atoms with van der Waals surface area (Å²) >= 11 is 0. The number of hydrogen-bond acceptors (Lipinski definition) is 4. The highest BCUT2D eigenvalue weighted by Gasteiger charge is 2.27. The lowest BCUT2D eigenvalue weighted by atomic mass is 9.88. The summed E-state index contributed by atoms with van der Waals surface area (Å²) in [4.78, 5) is 25.9. The number of aliphatic hydroxyl groups excluding tert-OH is 1. The number of nitrogens with zero attached hydrogens (tertiary/aromatic N) is 1. The number of nitrogens with one attached hydrogen (secondary N) is 1.